The molecule has 0 bridgehead atoms. The summed E-state index contributed by atoms with van der Waals surface area (Å²) in [5.74, 6) is 5.16. The molecule has 1 aliphatic rings. The van der Waals surface area contributed by atoms with Crippen LogP contribution in [-0.2, 0) is 10.2 Å². The van der Waals surface area contributed by atoms with Crippen molar-refractivity contribution in [2.24, 2.45) is 0 Å². The van der Waals surface area contributed by atoms with Gasteiger partial charge in [0.2, 0.25) is 5.91 Å². The predicted octanol–water partition coefficient (Wildman–Crippen LogP) is 1.95. The molecule has 17 heavy (non-hydrogen) atoms. The van der Waals surface area contributed by atoms with Crippen LogP contribution in [0.3, 0.4) is 0 Å². The molecule has 1 amide bonds. The van der Waals surface area contributed by atoms with Gasteiger partial charge in [-0.05, 0) is 11.6 Å². The molecule has 84 valence electrons. The molecule has 0 spiro atoms. The molecule has 1 aromatic carbocycles. The Morgan fingerprint density at radius 2 is 1.82 bits per heavy atom. The molecule has 0 saturated heterocycles. The molecule has 0 aromatic heterocycles. The number of carbonyl (C=O) groups is 1. The first-order valence-corrected chi connectivity index (χ1v) is 5.42. The van der Waals surface area contributed by atoms with E-state index in [1.165, 1.54) is 0 Å². The Bertz CT molecular complexity index is 529. The summed E-state index contributed by atoms with van der Waals surface area (Å²) in [4.78, 5) is 14.0. The van der Waals surface area contributed by atoms with Gasteiger partial charge in [0, 0.05) is 25.6 Å². The summed E-state index contributed by atoms with van der Waals surface area (Å²) in [5, 5.41) is 0. The quantitative estimate of drug-likeness (QED) is 0.702. The van der Waals surface area contributed by atoms with Crippen molar-refractivity contribution in [3.8, 4) is 24.7 Å². The van der Waals surface area contributed by atoms with E-state index < -0.39 is 5.41 Å². The highest BCUT2D eigenvalue weighted by atomic mass is 16.2. The maximum Gasteiger partial charge on any atom is 0.239 e. The van der Waals surface area contributed by atoms with E-state index in [2.05, 4.69) is 11.8 Å². The summed E-state index contributed by atoms with van der Waals surface area (Å²) >= 11 is 0. The summed E-state index contributed by atoms with van der Waals surface area (Å²) in [6.45, 7) is 0. The molecule has 0 saturated carbocycles. The van der Waals surface area contributed by atoms with Gasteiger partial charge in [-0.2, -0.15) is 0 Å². The molecule has 0 N–H and O–H groups in total. The number of para-hydroxylation sites is 1. The van der Waals surface area contributed by atoms with Crippen LogP contribution in [0.4, 0.5) is 5.69 Å². The Labute approximate surface area is 102 Å². The molecule has 0 radical (unpaired) electrons. The van der Waals surface area contributed by atoms with E-state index in [1.807, 2.05) is 24.3 Å². The number of anilines is 1. The van der Waals surface area contributed by atoms with Crippen LogP contribution in [0.5, 0.6) is 0 Å². The van der Waals surface area contributed by atoms with E-state index >= 15 is 0 Å². The lowest BCUT2D eigenvalue weighted by molar-refractivity contribution is -0.122. The van der Waals surface area contributed by atoms with E-state index in [0.29, 0.717) is 12.8 Å². The molecule has 0 aliphatic carbocycles. The molecule has 1 heterocycles. The van der Waals surface area contributed by atoms with E-state index in [0.717, 1.165) is 11.3 Å². The summed E-state index contributed by atoms with van der Waals surface area (Å²) in [6, 6.07) is 7.67. The summed E-state index contributed by atoms with van der Waals surface area (Å²) in [6.07, 6.45) is 11.5. The monoisotopic (exact) mass is 223 g/mol. The predicted molar refractivity (Wildman–Crippen MR) is 68.4 cm³/mol. The molecular formula is C15H13NO. The number of likely N-dealkylation sites (N-methyl/N-ethyl adjacent to an activating group) is 1. The van der Waals surface area contributed by atoms with Gasteiger partial charge in [0.05, 0.1) is 5.41 Å². The Hall–Kier alpha value is -2.19. The lowest BCUT2D eigenvalue weighted by Crippen LogP contribution is -2.38. The van der Waals surface area contributed by atoms with Gasteiger partial charge in [-0.3, -0.25) is 4.79 Å². The first kappa shape index (κ1) is 11.3. The third-order valence-corrected chi connectivity index (χ3v) is 3.30. The van der Waals surface area contributed by atoms with Gasteiger partial charge in [-0.25, -0.2) is 0 Å². The average molecular weight is 223 g/mol. The van der Waals surface area contributed by atoms with Gasteiger partial charge in [0.15, 0.2) is 0 Å². The van der Waals surface area contributed by atoms with Gasteiger partial charge < -0.3 is 4.90 Å². The standard InChI is InChI=1S/C15H13NO/c1-4-10-15(11-5-2)12-8-6-7-9-13(12)16(3)14(15)17/h1-2,6-9H,10-11H2,3H3. The zero-order chi connectivity index (χ0) is 12.5. The summed E-state index contributed by atoms with van der Waals surface area (Å²) in [7, 11) is 1.76. The third-order valence-electron chi connectivity index (χ3n) is 3.30. The van der Waals surface area contributed by atoms with Gasteiger partial charge >= 0.3 is 0 Å². The smallest absolute Gasteiger partial charge is 0.239 e. The SMILES string of the molecule is C#CCC1(CC#C)C(=O)N(C)c2ccccc21. The molecule has 1 aromatic rings. The van der Waals surface area contributed by atoms with Crippen LogP contribution >= 0.6 is 0 Å². The highest BCUT2D eigenvalue weighted by Crippen LogP contribution is 2.45. The fourth-order valence-corrected chi connectivity index (χ4v) is 2.47. The van der Waals surface area contributed by atoms with Crippen molar-refractivity contribution in [3.63, 3.8) is 0 Å². The number of benzene rings is 1. The number of carbonyl (C=O) groups excluding carboxylic acids is 1. The van der Waals surface area contributed by atoms with Crippen LogP contribution in [0.2, 0.25) is 0 Å². The number of terminal acetylenes is 2. The minimum atomic E-state index is -0.727. The zero-order valence-electron chi connectivity index (χ0n) is 9.73. The van der Waals surface area contributed by atoms with Crippen molar-refractivity contribution in [3.05, 3.63) is 29.8 Å². The van der Waals surface area contributed by atoms with Crippen molar-refractivity contribution in [1.82, 2.24) is 0 Å². The van der Waals surface area contributed by atoms with Crippen molar-refractivity contribution >= 4 is 11.6 Å². The number of amides is 1. The maximum absolute atomic E-state index is 12.4. The second-order valence-corrected chi connectivity index (χ2v) is 4.23. The van der Waals surface area contributed by atoms with E-state index in [9.17, 15) is 4.79 Å². The summed E-state index contributed by atoms with van der Waals surface area (Å²) in [5.41, 5.74) is 1.13. The van der Waals surface area contributed by atoms with Gasteiger partial charge in [0.25, 0.3) is 0 Å². The fraction of sp³-hybridized carbons (Fsp3) is 0.267. The first-order valence-electron chi connectivity index (χ1n) is 5.42. The second-order valence-electron chi connectivity index (χ2n) is 4.23. The Kier molecular flexibility index (Phi) is 2.66. The number of hydrogen-bond donors (Lipinski definition) is 0. The third kappa shape index (κ3) is 1.42. The van der Waals surface area contributed by atoms with Crippen molar-refractivity contribution < 1.29 is 4.79 Å². The highest BCUT2D eigenvalue weighted by molar-refractivity contribution is 6.08. The lowest BCUT2D eigenvalue weighted by Gasteiger charge is -2.23. The van der Waals surface area contributed by atoms with Crippen LogP contribution in [-0.4, -0.2) is 13.0 Å². The van der Waals surface area contributed by atoms with Gasteiger partial charge in [-0.15, -0.1) is 24.7 Å². The van der Waals surface area contributed by atoms with E-state index in [-0.39, 0.29) is 5.91 Å². The number of rotatable bonds is 2. The molecular weight excluding hydrogens is 210 g/mol. The minimum Gasteiger partial charge on any atom is -0.314 e. The van der Waals surface area contributed by atoms with Gasteiger partial charge in [0.1, 0.15) is 0 Å². The van der Waals surface area contributed by atoms with Gasteiger partial charge in [-0.1, -0.05) is 18.2 Å². The van der Waals surface area contributed by atoms with Crippen LogP contribution < -0.4 is 4.90 Å². The Morgan fingerprint density at radius 3 is 2.41 bits per heavy atom. The zero-order valence-corrected chi connectivity index (χ0v) is 9.73. The highest BCUT2D eigenvalue weighted by Gasteiger charge is 2.48. The Morgan fingerprint density at radius 1 is 1.24 bits per heavy atom. The number of nitrogens with zero attached hydrogens (tertiary/aromatic N) is 1. The topological polar surface area (TPSA) is 20.3 Å². The molecule has 1 aliphatic heterocycles. The van der Waals surface area contributed by atoms with Crippen LogP contribution in [0, 0.1) is 24.7 Å². The lowest BCUT2D eigenvalue weighted by atomic mass is 9.76. The molecule has 2 heteroatoms. The molecule has 2 nitrogen and oxygen atoms in total. The van der Waals surface area contributed by atoms with Crippen molar-refractivity contribution in [1.29, 1.82) is 0 Å². The molecule has 0 atom stereocenters. The first-order chi connectivity index (χ1) is 8.17. The number of hydrogen-bond acceptors (Lipinski definition) is 1. The van der Waals surface area contributed by atoms with E-state index in [1.54, 1.807) is 11.9 Å². The molecule has 0 unspecified atom stereocenters. The fourth-order valence-electron chi connectivity index (χ4n) is 2.47. The van der Waals surface area contributed by atoms with E-state index in [4.69, 9.17) is 12.8 Å². The maximum atomic E-state index is 12.4. The largest absolute Gasteiger partial charge is 0.314 e. The van der Waals surface area contributed by atoms with Crippen LogP contribution in [0.15, 0.2) is 24.3 Å². The van der Waals surface area contributed by atoms with Crippen molar-refractivity contribution in [2.75, 3.05) is 11.9 Å². The Balaban J connectivity index is 2.65. The molecule has 2 rings (SSSR count). The van der Waals surface area contributed by atoms with Crippen LogP contribution in [0.1, 0.15) is 18.4 Å². The minimum absolute atomic E-state index is 0.00500. The molecule has 0 fully saturated rings. The normalized spacial score (nSPS) is 16.2. The number of fused-ring (bicyclic) bond motifs is 1. The van der Waals surface area contributed by atoms with Crippen molar-refractivity contribution in [2.45, 2.75) is 18.3 Å². The second kappa shape index (κ2) is 4.00. The average Bonchev–Trinajstić information content (AvgIpc) is 2.55. The summed E-state index contributed by atoms with van der Waals surface area (Å²) < 4.78 is 0. The van der Waals surface area contributed by atoms with Crippen LogP contribution in [0.25, 0.3) is 0 Å².